The van der Waals surface area contributed by atoms with Gasteiger partial charge < -0.3 is 10.2 Å². The first kappa shape index (κ1) is 16.0. The van der Waals surface area contributed by atoms with Crippen molar-refractivity contribution in [2.75, 3.05) is 13.1 Å². The predicted molar refractivity (Wildman–Crippen MR) is 85.2 cm³/mol. The summed E-state index contributed by atoms with van der Waals surface area (Å²) in [5.41, 5.74) is 0. The van der Waals surface area contributed by atoms with Crippen molar-refractivity contribution >= 4 is 23.2 Å². The highest BCUT2D eigenvalue weighted by atomic mass is 32.1. The summed E-state index contributed by atoms with van der Waals surface area (Å²) in [6.07, 6.45) is 3.69. The minimum atomic E-state index is -0.407. The van der Waals surface area contributed by atoms with Crippen molar-refractivity contribution in [2.45, 2.75) is 45.6 Å². The molecule has 5 heteroatoms. The van der Waals surface area contributed by atoms with E-state index in [0.29, 0.717) is 6.42 Å². The maximum atomic E-state index is 12.6. The Morgan fingerprint density at radius 1 is 1.29 bits per heavy atom. The van der Waals surface area contributed by atoms with Gasteiger partial charge in [-0.25, -0.2) is 0 Å². The van der Waals surface area contributed by atoms with Gasteiger partial charge in [-0.3, -0.25) is 9.59 Å². The Labute approximate surface area is 130 Å². The fourth-order valence-electron chi connectivity index (χ4n) is 2.62. The Hall–Kier alpha value is -1.36. The van der Waals surface area contributed by atoms with Gasteiger partial charge in [0.1, 0.15) is 6.04 Å². The van der Waals surface area contributed by atoms with Crippen molar-refractivity contribution in [3.8, 4) is 0 Å². The van der Waals surface area contributed by atoms with E-state index in [-0.39, 0.29) is 17.7 Å². The van der Waals surface area contributed by atoms with Gasteiger partial charge in [-0.2, -0.15) is 0 Å². The Kier molecular flexibility index (Phi) is 5.79. The van der Waals surface area contributed by atoms with Gasteiger partial charge in [0.15, 0.2) is 0 Å². The number of carbonyl (C=O) groups excluding carboxylic acids is 2. The van der Waals surface area contributed by atoms with Gasteiger partial charge in [0, 0.05) is 18.0 Å². The number of likely N-dealkylation sites (tertiary alicyclic amines) is 1. The van der Waals surface area contributed by atoms with E-state index in [1.165, 1.54) is 6.42 Å². The molecular formula is C16H24N2O2S. The molecule has 1 atom stereocenters. The lowest BCUT2D eigenvalue weighted by Crippen LogP contribution is -2.52. The summed E-state index contributed by atoms with van der Waals surface area (Å²) in [5.74, 6) is 0.109. The van der Waals surface area contributed by atoms with E-state index in [1.54, 1.807) is 11.3 Å². The molecule has 116 valence electrons. The molecule has 1 aliphatic rings. The molecule has 2 rings (SSSR count). The van der Waals surface area contributed by atoms with Gasteiger partial charge >= 0.3 is 0 Å². The molecule has 0 aliphatic carbocycles. The summed E-state index contributed by atoms with van der Waals surface area (Å²) in [6.45, 7) is 5.61. The number of amides is 2. The van der Waals surface area contributed by atoms with E-state index in [0.717, 1.165) is 30.8 Å². The average molecular weight is 308 g/mol. The van der Waals surface area contributed by atoms with Gasteiger partial charge in [0.25, 0.3) is 0 Å². The third-order valence-electron chi connectivity index (χ3n) is 3.83. The average Bonchev–Trinajstić information content (AvgIpc) is 2.97. The Morgan fingerprint density at radius 2 is 2.00 bits per heavy atom. The second-order valence-electron chi connectivity index (χ2n) is 5.93. The first-order valence-electron chi connectivity index (χ1n) is 7.68. The minimum absolute atomic E-state index is 0.0680. The maximum absolute atomic E-state index is 12.6. The first-order chi connectivity index (χ1) is 10.1. The van der Waals surface area contributed by atoms with Crippen LogP contribution < -0.4 is 5.32 Å². The summed E-state index contributed by atoms with van der Waals surface area (Å²) in [5, 5.41) is 4.89. The number of nitrogens with zero attached hydrogens (tertiary/aromatic N) is 1. The van der Waals surface area contributed by atoms with E-state index < -0.39 is 6.04 Å². The molecule has 1 aromatic heterocycles. The second-order valence-corrected chi connectivity index (χ2v) is 6.96. The van der Waals surface area contributed by atoms with Crippen LogP contribution in [0.4, 0.5) is 0 Å². The van der Waals surface area contributed by atoms with Crippen LogP contribution in [0.3, 0.4) is 0 Å². The zero-order valence-electron chi connectivity index (χ0n) is 12.8. The molecule has 0 aromatic carbocycles. The van der Waals surface area contributed by atoms with Gasteiger partial charge in [0.05, 0.1) is 6.42 Å². The first-order valence-corrected chi connectivity index (χ1v) is 8.56. The van der Waals surface area contributed by atoms with E-state index in [4.69, 9.17) is 0 Å². The molecule has 0 unspecified atom stereocenters. The molecule has 0 saturated carbocycles. The smallest absolute Gasteiger partial charge is 0.245 e. The molecule has 2 amide bonds. The van der Waals surface area contributed by atoms with Crippen molar-refractivity contribution in [3.05, 3.63) is 22.4 Å². The lowest BCUT2D eigenvalue weighted by molar-refractivity contribution is -0.138. The summed E-state index contributed by atoms with van der Waals surface area (Å²) in [6, 6.07) is 3.48. The van der Waals surface area contributed by atoms with Crippen molar-refractivity contribution in [2.24, 2.45) is 5.92 Å². The largest absolute Gasteiger partial charge is 0.344 e. The monoisotopic (exact) mass is 308 g/mol. The standard InChI is InChI=1S/C16H24N2O2S/c1-12(2)15(16(20)18-8-4-3-5-9-18)17-14(19)11-13-7-6-10-21-13/h6-7,10,12,15H,3-5,8-9,11H2,1-2H3,(H,17,19)/t15-/m0/s1. The predicted octanol–water partition coefficient (Wildman–Crippen LogP) is 2.44. The van der Waals surface area contributed by atoms with Gasteiger partial charge in [0.2, 0.25) is 11.8 Å². The van der Waals surface area contributed by atoms with E-state index in [2.05, 4.69) is 5.32 Å². The van der Waals surface area contributed by atoms with E-state index >= 15 is 0 Å². The number of rotatable bonds is 5. The van der Waals surface area contributed by atoms with Crippen LogP contribution in [0, 0.1) is 5.92 Å². The molecule has 21 heavy (non-hydrogen) atoms. The zero-order valence-corrected chi connectivity index (χ0v) is 13.6. The molecule has 2 heterocycles. The van der Waals surface area contributed by atoms with Gasteiger partial charge in [-0.1, -0.05) is 19.9 Å². The summed E-state index contributed by atoms with van der Waals surface area (Å²) in [4.78, 5) is 27.7. The highest BCUT2D eigenvalue weighted by Gasteiger charge is 2.29. The maximum Gasteiger partial charge on any atom is 0.245 e. The molecule has 1 aliphatic heterocycles. The van der Waals surface area contributed by atoms with Crippen LogP contribution in [0.25, 0.3) is 0 Å². The molecule has 0 radical (unpaired) electrons. The highest BCUT2D eigenvalue weighted by molar-refractivity contribution is 7.10. The van der Waals surface area contributed by atoms with Crippen LogP contribution in [-0.4, -0.2) is 35.8 Å². The lowest BCUT2D eigenvalue weighted by atomic mass is 10.0. The Morgan fingerprint density at radius 3 is 2.57 bits per heavy atom. The topological polar surface area (TPSA) is 49.4 Å². The van der Waals surface area contributed by atoms with Gasteiger partial charge in [-0.15, -0.1) is 11.3 Å². The second kappa shape index (κ2) is 7.59. The fourth-order valence-corrected chi connectivity index (χ4v) is 3.32. The minimum Gasteiger partial charge on any atom is -0.344 e. The molecule has 1 saturated heterocycles. The van der Waals surface area contributed by atoms with Crippen molar-refractivity contribution in [1.29, 1.82) is 0 Å². The zero-order chi connectivity index (χ0) is 15.2. The number of hydrogen-bond donors (Lipinski definition) is 1. The molecule has 1 N–H and O–H groups in total. The third kappa shape index (κ3) is 4.56. The summed E-state index contributed by atoms with van der Waals surface area (Å²) < 4.78 is 0. The third-order valence-corrected chi connectivity index (χ3v) is 4.71. The summed E-state index contributed by atoms with van der Waals surface area (Å²) >= 11 is 1.57. The lowest BCUT2D eigenvalue weighted by Gasteiger charge is -2.32. The molecule has 1 fully saturated rings. The van der Waals surface area contributed by atoms with E-state index in [1.807, 2.05) is 36.3 Å². The van der Waals surface area contributed by atoms with Crippen LogP contribution in [0.1, 0.15) is 38.0 Å². The number of piperidine rings is 1. The van der Waals surface area contributed by atoms with Crippen LogP contribution in [0.5, 0.6) is 0 Å². The molecular weight excluding hydrogens is 284 g/mol. The van der Waals surface area contributed by atoms with Gasteiger partial charge in [-0.05, 0) is 36.6 Å². The molecule has 0 spiro atoms. The number of thiophene rings is 1. The Bertz CT molecular complexity index is 465. The fraction of sp³-hybridized carbons (Fsp3) is 0.625. The van der Waals surface area contributed by atoms with Crippen molar-refractivity contribution < 1.29 is 9.59 Å². The molecule has 1 aromatic rings. The quantitative estimate of drug-likeness (QED) is 0.908. The van der Waals surface area contributed by atoms with Crippen molar-refractivity contribution in [3.63, 3.8) is 0 Å². The SMILES string of the molecule is CC(C)[C@H](NC(=O)Cc1cccs1)C(=O)N1CCCCC1. The van der Waals surface area contributed by atoms with Crippen LogP contribution in [-0.2, 0) is 16.0 Å². The Balaban J connectivity index is 1.94. The normalized spacial score (nSPS) is 16.8. The number of nitrogens with one attached hydrogen (secondary N) is 1. The van der Waals surface area contributed by atoms with Crippen molar-refractivity contribution in [1.82, 2.24) is 10.2 Å². The van der Waals surface area contributed by atoms with Crippen LogP contribution in [0.15, 0.2) is 17.5 Å². The highest BCUT2D eigenvalue weighted by Crippen LogP contribution is 2.14. The molecule has 0 bridgehead atoms. The van der Waals surface area contributed by atoms with Crippen LogP contribution in [0.2, 0.25) is 0 Å². The number of carbonyl (C=O) groups is 2. The van der Waals surface area contributed by atoms with E-state index in [9.17, 15) is 9.59 Å². The molecule has 4 nitrogen and oxygen atoms in total. The van der Waals surface area contributed by atoms with Crippen LogP contribution >= 0.6 is 11.3 Å². The summed E-state index contributed by atoms with van der Waals surface area (Å²) in [7, 11) is 0. The number of hydrogen-bond acceptors (Lipinski definition) is 3.